The molecule has 0 spiro atoms. The van der Waals surface area contributed by atoms with Crippen LogP contribution in [0.15, 0.2) is 12.4 Å². The van der Waals surface area contributed by atoms with E-state index in [1.54, 1.807) is 18.0 Å². The first-order valence-corrected chi connectivity index (χ1v) is 7.90. The lowest BCUT2D eigenvalue weighted by molar-refractivity contribution is -0.134. The highest BCUT2D eigenvalue weighted by Crippen LogP contribution is 2.22. The number of carbonyl (C=O) groups excluding carboxylic acids is 1. The number of H-pyrrole nitrogens is 1. The molecule has 0 unspecified atom stereocenters. The first-order valence-electron chi connectivity index (χ1n) is 6.62. The average molecular weight is 282 g/mol. The predicted molar refractivity (Wildman–Crippen MR) is 78.1 cm³/mol. The Morgan fingerprint density at radius 2 is 2.42 bits per heavy atom. The van der Waals surface area contributed by atoms with Crippen molar-refractivity contribution in [1.29, 1.82) is 0 Å². The van der Waals surface area contributed by atoms with Crippen LogP contribution in [0.25, 0.3) is 0 Å². The summed E-state index contributed by atoms with van der Waals surface area (Å²) in [6.45, 7) is 4.53. The number of thioether (sulfide) groups is 1. The molecule has 1 amide bonds. The standard InChI is InChI=1S/C13H22N4OS/c1-10(19-3)8-12(18)17-7-6-16(2)11(9-17)13-14-4-5-15-13/h4-5,10-11H,6-9H2,1-3H3,(H,14,15)/t10-,11-/m1/s1. The number of nitrogens with zero attached hydrogens (tertiary/aromatic N) is 3. The van der Waals surface area contributed by atoms with E-state index in [1.807, 2.05) is 17.4 Å². The van der Waals surface area contributed by atoms with Gasteiger partial charge in [-0.15, -0.1) is 0 Å². The Balaban J connectivity index is 1.99. The minimum Gasteiger partial charge on any atom is -0.347 e. The average Bonchev–Trinajstić information content (AvgIpc) is 2.92. The molecule has 1 aliphatic heterocycles. The highest BCUT2D eigenvalue weighted by atomic mass is 32.2. The third-order valence-electron chi connectivity index (χ3n) is 3.70. The van der Waals surface area contributed by atoms with Crippen LogP contribution >= 0.6 is 11.8 Å². The summed E-state index contributed by atoms with van der Waals surface area (Å²) in [6.07, 6.45) is 6.27. The van der Waals surface area contributed by atoms with Crippen LogP contribution in [0.3, 0.4) is 0 Å². The van der Waals surface area contributed by atoms with E-state index < -0.39 is 0 Å². The zero-order valence-electron chi connectivity index (χ0n) is 11.8. The van der Waals surface area contributed by atoms with Crippen molar-refractivity contribution in [2.45, 2.75) is 24.6 Å². The van der Waals surface area contributed by atoms with Crippen molar-refractivity contribution in [3.8, 4) is 0 Å². The van der Waals surface area contributed by atoms with Crippen LogP contribution in [0.4, 0.5) is 0 Å². The highest BCUT2D eigenvalue weighted by molar-refractivity contribution is 7.99. The van der Waals surface area contributed by atoms with Gasteiger partial charge in [0.1, 0.15) is 5.82 Å². The second-order valence-electron chi connectivity index (χ2n) is 5.06. The number of carbonyl (C=O) groups is 1. The minimum atomic E-state index is 0.178. The number of piperazine rings is 1. The lowest BCUT2D eigenvalue weighted by atomic mass is 10.1. The summed E-state index contributed by atoms with van der Waals surface area (Å²) in [7, 11) is 2.08. The molecule has 6 heteroatoms. The molecular formula is C13H22N4OS. The Morgan fingerprint density at radius 3 is 3.05 bits per heavy atom. The molecule has 0 aromatic carbocycles. The van der Waals surface area contributed by atoms with Gasteiger partial charge in [0.15, 0.2) is 0 Å². The van der Waals surface area contributed by atoms with Gasteiger partial charge in [0.2, 0.25) is 5.91 Å². The van der Waals surface area contributed by atoms with E-state index in [9.17, 15) is 4.79 Å². The molecule has 0 radical (unpaired) electrons. The van der Waals surface area contributed by atoms with Gasteiger partial charge < -0.3 is 9.88 Å². The summed E-state index contributed by atoms with van der Waals surface area (Å²) in [5, 5.41) is 0.384. The fraction of sp³-hybridized carbons (Fsp3) is 0.692. The Bertz CT molecular complexity index is 409. The summed E-state index contributed by atoms with van der Waals surface area (Å²) in [5.74, 6) is 1.20. The lowest BCUT2D eigenvalue weighted by Gasteiger charge is -2.38. The van der Waals surface area contributed by atoms with E-state index in [1.165, 1.54) is 0 Å². The van der Waals surface area contributed by atoms with Gasteiger partial charge in [-0.3, -0.25) is 9.69 Å². The maximum Gasteiger partial charge on any atom is 0.223 e. The Labute approximate surface area is 118 Å². The second kappa shape index (κ2) is 6.43. The van der Waals surface area contributed by atoms with E-state index in [-0.39, 0.29) is 11.9 Å². The van der Waals surface area contributed by atoms with Gasteiger partial charge in [-0.05, 0) is 13.3 Å². The van der Waals surface area contributed by atoms with E-state index in [0.29, 0.717) is 11.7 Å². The summed E-state index contributed by atoms with van der Waals surface area (Å²) in [5.41, 5.74) is 0. The summed E-state index contributed by atoms with van der Waals surface area (Å²) >= 11 is 1.74. The Morgan fingerprint density at radius 1 is 1.63 bits per heavy atom. The number of aromatic nitrogens is 2. The molecule has 1 fully saturated rings. The normalized spacial score (nSPS) is 22.5. The molecule has 2 heterocycles. The van der Waals surface area contributed by atoms with E-state index in [4.69, 9.17) is 0 Å². The molecule has 1 aliphatic rings. The second-order valence-corrected chi connectivity index (χ2v) is 6.34. The van der Waals surface area contributed by atoms with Crippen LogP contribution in [0.5, 0.6) is 0 Å². The highest BCUT2D eigenvalue weighted by Gasteiger charge is 2.30. The molecule has 5 nitrogen and oxygen atoms in total. The number of amides is 1. The van der Waals surface area contributed by atoms with Gasteiger partial charge in [-0.1, -0.05) is 6.92 Å². The maximum atomic E-state index is 12.3. The Kier molecular flexibility index (Phi) is 4.87. The zero-order chi connectivity index (χ0) is 13.8. The molecule has 0 aliphatic carbocycles. The predicted octanol–water partition coefficient (Wildman–Crippen LogP) is 1.37. The van der Waals surface area contributed by atoms with Crippen LogP contribution in [0, 0.1) is 0 Å². The number of likely N-dealkylation sites (N-methyl/N-ethyl adjacent to an activating group) is 1. The van der Waals surface area contributed by atoms with Crippen LogP contribution in [-0.2, 0) is 4.79 Å². The van der Waals surface area contributed by atoms with Gasteiger partial charge in [-0.2, -0.15) is 11.8 Å². The SMILES string of the molecule is CS[C@H](C)CC(=O)N1CCN(C)[C@@H](c2ncc[nH]2)C1. The zero-order valence-corrected chi connectivity index (χ0v) is 12.6. The lowest BCUT2D eigenvalue weighted by Crippen LogP contribution is -2.49. The topological polar surface area (TPSA) is 52.2 Å². The number of nitrogens with one attached hydrogen (secondary N) is 1. The summed E-state index contributed by atoms with van der Waals surface area (Å²) < 4.78 is 0. The molecule has 1 aromatic rings. The molecule has 1 N–H and O–H groups in total. The van der Waals surface area contributed by atoms with Crippen molar-refractivity contribution in [2.75, 3.05) is 32.9 Å². The van der Waals surface area contributed by atoms with Gasteiger partial charge in [0, 0.05) is 43.7 Å². The van der Waals surface area contributed by atoms with Crippen molar-refractivity contribution in [3.05, 3.63) is 18.2 Å². The molecule has 1 aromatic heterocycles. The molecular weight excluding hydrogens is 260 g/mol. The number of aromatic amines is 1. The van der Waals surface area contributed by atoms with E-state index in [2.05, 4.69) is 28.8 Å². The molecule has 2 rings (SSSR count). The van der Waals surface area contributed by atoms with Gasteiger partial charge in [0.05, 0.1) is 6.04 Å². The van der Waals surface area contributed by atoms with Crippen LogP contribution < -0.4 is 0 Å². The molecule has 19 heavy (non-hydrogen) atoms. The minimum absolute atomic E-state index is 0.178. The number of hydrogen-bond donors (Lipinski definition) is 1. The Hall–Kier alpha value is -1.01. The van der Waals surface area contributed by atoms with E-state index in [0.717, 1.165) is 25.5 Å². The fourth-order valence-electron chi connectivity index (χ4n) is 2.31. The van der Waals surface area contributed by atoms with Gasteiger partial charge in [-0.25, -0.2) is 4.98 Å². The van der Waals surface area contributed by atoms with Crippen molar-refractivity contribution >= 4 is 17.7 Å². The van der Waals surface area contributed by atoms with E-state index >= 15 is 0 Å². The maximum absolute atomic E-state index is 12.3. The van der Waals surface area contributed by atoms with Gasteiger partial charge in [0.25, 0.3) is 0 Å². The van der Waals surface area contributed by atoms with Gasteiger partial charge >= 0.3 is 0 Å². The molecule has 2 atom stereocenters. The van der Waals surface area contributed by atoms with Crippen LogP contribution in [-0.4, -0.2) is 63.9 Å². The fourth-order valence-corrected chi connectivity index (χ4v) is 2.62. The first-order chi connectivity index (χ1) is 9.11. The molecule has 106 valence electrons. The van der Waals surface area contributed by atoms with Crippen LogP contribution in [0.2, 0.25) is 0 Å². The smallest absolute Gasteiger partial charge is 0.223 e. The van der Waals surface area contributed by atoms with Crippen molar-refractivity contribution in [1.82, 2.24) is 19.8 Å². The third-order valence-corrected chi connectivity index (χ3v) is 4.67. The number of imidazole rings is 1. The van der Waals surface area contributed by atoms with Crippen molar-refractivity contribution < 1.29 is 4.79 Å². The number of hydrogen-bond acceptors (Lipinski definition) is 4. The largest absolute Gasteiger partial charge is 0.347 e. The van der Waals surface area contributed by atoms with Crippen molar-refractivity contribution in [3.63, 3.8) is 0 Å². The molecule has 0 bridgehead atoms. The number of rotatable bonds is 4. The quantitative estimate of drug-likeness (QED) is 0.906. The first kappa shape index (κ1) is 14.4. The van der Waals surface area contributed by atoms with Crippen molar-refractivity contribution in [2.24, 2.45) is 0 Å². The molecule has 0 saturated carbocycles. The summed E-state index contributed by atoms with van der Waals surface area (Å²) in [6, 6.07) is 0.178. The molecule has 1 saturated heterocycles. The monoisotopic (exact) mass is 282 g/mol. The van der Waals surface area contributed by atoms with Crippen LogP contribution in [0.1, 0.15) is 25.2 Å². The summed E-state index contributed by atoms with van der Waals surface area (Å²) in [4.78, 5) is 24.0. The third kappa shape index (κ3) is 3.51.